The molecule has 3 heteroatoms. The summed E-state index contributed by atoms with van der Waals surface area (Å²) in [6, 6.07) is 2.61. The molecular formula is C13H23N3. The van der Waals surface area contributed by atoms with Gasteiger partial charge in [0.1, 0.15) is 5.82 Å². The fraction of sp³-hybridized carbons (Fsp3) is 0.615. The van der Waals surface area contributed by atoms with Crippen molar-refractivity contribution in [2.24, 2.45) is 7.05 Å². The Morgan fingerprint density at radius 2 is 2.38 bits per heavy atom. The number of rotatable bonds is 7. The number of hydrogen-bond donors (Lipinski definition) is 1. The largest absolute Gasteiger partial charge is 0.368 e. The van der Waals surface area contributed by atoms with Crippen LogP contribution in [0.1, 0.15) is 38.8 Å². The zero-order valence-electron chi connectivity index (χ0n) is 10.7. The van der Waals surface area contributed by atoms with Crippen LogP contribution in [0.25, 0.3) is 0 Å². The quantitative estimate of drug-likeness (QED) is 0.717. The van der Waals surface area contributed by atoms with Crippen LogP contribution in [0.5, 0.6) is 0 Å². The van der Waals surface area contributed by atoms with Crippen LogP contribution in [0, 0.1) is 0 Å². The van der Waals surface area contributed by atoms with Crippen molar-refractivity contribution >= 4 is 5.82 Å². The normalized spacial score (nSPS) is 12.4. The number of anilines is 1. The first-order chi connectivity index (χ1) is 7.67. The van der Waals surface area contributed by atoms with E-state index in [9.17, 15) is 0 Å². The van der Waals surface area contributed by atoms with Crippen LogP contribution >= 0.6 is 0 Å². The molecule has 0 fully saturated rings. The fourth-order valence-electron chi connectivity index (χ4n) is 1.73. The lowest BCUT2D eigenvalue weighted by Gasteiger charge is -2.13. The smallest absolute Gasteiger partial charge is 0.124 e. The third kappa shape index (κ3) is 3.72. The molecule has 0 radical (unpaired) electrons. The number of aryl methyl sites for hydroxylation is 2. The second-order valence-corrected chi connectivity index (χ2v) is 4.31. The van der Waals surface area contributed by atoms with Crippen LogP contribution in [0.15, 0.2) is 18.7 Å². The molecule has 0 bridgehead atoms. The molecule has 16 heavy (non-hydrogen) atoms. The van der Waals surface area contributed by atoms with Crippen molar-refractivity contribution < 1.29 is 0 Å². The zero-order chi connectivity index (χ0) is 12.0. The van der Waals surface area contributed by atoms with E-state index in [0.29, 0.717) is 6.04 Å². The highest BCUT2D eigenvalue weighted by Gasteiger charge is 2.07. The molecule has 0 saturated heterocycles. The molecule has 0 aromatic carbocycles. The van der Waals surface area contributed by atoms with Gasteiger partial charge in [0.2, 0.25) is 0 Å². The maximum absolute atomic E-state index is 4.47. The van der Waals surface area contributed by atoms with Gasteiger partial charge in [0.25, 0.3) is 0 Å². The minimum absolute atomic E-state index is 0.461. The average molecular weight is 221 g/mol. The van der Waals surface area contributed by atoms with Gasteiger partial charge in [-0.15, -0.1) is 6.58 Å². The third-order valence-corrected chi connectivity index (χ3v) is 2.63. The number of nitrogens with zero attached hydrogens (tertiary/aromatic N) is 2. The van der Waals surface area contributed by atoms with E-state index in [2.05, 4.69) is 36.9 Å². The molecule has 0 aliphatic carbocycles. The van der Waals surface area contributed by atoms with E-state index in [4.69, 9.17) is 0 Å². The Kier molecular flexibility index (Phi) is 5.09. The summed E-state index contributed by atoms with van der Waals surface area (Å²) >= 11 is 0. The lowest BCUT2D eigenvalue weighted by Crippen LogP contribution is -2.16. The molecule has 1 heterocycles. The predicted molar refractivity (Wildman–Crippen MR) is 69.7 cm³/mol. The summed E-state index contributed by atoms with van der Waals surface area (Å²) in [4.78, 5) is 0. The first kappa shape index (κ1) is 12.8. The molecular weight excluding hydrogens is 198 g/mol. The van der Waals surface area contributed by atoms with Crippen LogP contribution in [-0.4, -0.2) is 15.8 Å². The predicted octanol–water partition coefficient (Wildman–Crippen LogP) is 3.14. The number of aromatic nitrogens is 2. The second kappa shape index (κ2) is 6.36. The molecule has 0 aliphatic rings. The average Bonchev–Trinajstić information content (AvgIpc) is 2.57. The van der Waals surface area contributed by atoms with Crippen molar-refractivity contribution in [3.05, 3.63) is 24.4 Å². The summed E-state index contributed by atoms with van der Waals surface area (Å²) < 4.78 is 1.93. The summed E-state index contributed by atoms with van der Waals surface area (Å²) in [5, 5.41) is 7.94. The van der Waals surface area contributed by atoms with Crippen LogP contribution in [0.3, 0.4) is 0 Å². The second-order valence-electron chi connectivity index (χ2n) is 4.31. The summed E-state index contributed by atoms with van der Waals surface area (Å²) in [6.07, 6.45) is 6.31. The van der Waals surface area contributed by atoms with Crippen molar-refractivity contribution in [1.29, 1.82) is 0 Å². The molecule has 1 N–H and O–H groups in total. The van der Waals surface area contributed by atoms with Crippen LogP contribution in [0.4, 0.5) is 5.82 Å². The number of allylic oxidation sites excluding steroid dienone is 1. The van der Waals surface area contributed by atoms with Crippen molar-refractivity contribution in [1.82, 2.24) is 9.78 Å². The summed E-state index contributed by atoms with van der Waals surface area (Å²) in [7, 11) is 1.99. The van der Waals surface area contributed by atoms with E-state index in [1.807, 2.05) is 17.8 Å². The molecule has 1 atom stereocenters. The van der Waals surface area contributed by atoms with Gasteiger partial charge in [0, 0.05) is 19.2 Å². The number of hydrogen-bond acceptors (Lipinski definition) is 2. The lowest BCUT2D eigenvalue weighted by molar-refractivity contribution is 0.686. The third-order valence-electron chi connectivity index (χ3n) is 2.63. The van der Waals surface area contributed by atoms with Gasteiger partial charge in [-0.3, -0.25) is 4.68 Å². The molecule has 1 aromatic heterocycles. The monoisotopic (exact) mass is 221 g/mol. The summed E-state index contributed by atoms with van der Waals surface area (Å²) in [5.41, 5.74) is 1.17. The van der Waals surface area contributed by atoms with Crippen LogP contribution < -0.4 is 5.32 Å². The van der Waals surface area contributed by atoms with E-state index in [-0.39, 0.29) is 0 Å². The van der Waals surface area contributed by atoms with Gasteiger partial charge in [-0.25, -0.2) is 0 Å². The van der Waals surface area contributed by atoms with Gasteiger partial charge in [-0.05, 0) is 26.2 Å². The Morgan fingerprint density at radius 1 is 1.62 bits per heavy atom. The van der Waals surface area contributed by atoms with Crippen molar-refractivity contribution in [2.75, 3.05) is 5.32 Å². The lowest BCUT2D eigenvalue weighted by atomic mass is 10.2. The Balaban J connectivity index is 2.55. The van der Waals surface area contributed by atoms with E-state index in [0.717, 1.165) is 31.5 Å². The Morgan fingerprint density at radius 3 is 3.00 bits per heavy atom. The Labute approximate surface area is 98.5 Å². The molecule has 90 valence electrons. The standard InChI is InChI=1S/C13H23N3/c1-5-7-9-11(3)14-13-10-12(8-6-2)15-16(13)4/h5,10-11,14H,1,6-9H2,2-4H3. The molecule has 1 unspecified atom stereocenters. The molecule has 0 amide bonds. The Hall–Kier alpha value is -1.25. The summed E-state index contributed by atoms with van der Waals surface area (Å²) in [5.74, 6) is 1.11. The minimum Gasteiger partial charge on any atom is -0.368 e. The molecule has 0 spiro atoms. The van der Waals surface area contributed by atoms with Crippen LogP contribution in [-0.2, 0) is 13.5 Å². The zero-order valence-corrected chi connectivity index (χ0v) is 10.7. The van der Waals surface area contributed by atoms with E-state index in [1.165, 1.54) is 5.69 Å². The molecule has 3 nitrogen and oxygen atoms in total. The van der Waals surface area contributed by atoms with Gasteiger partial charge < -0.3 is 5.32 Å². The highest BCUT2D eigenvalue weighted by molar-refractivity contribution is 5.37. The maximum atomic E-state index is 4.47. The van der Waals surface area contributed by atoms with Crippen molar-refractivity contribution in [3.63, 3.8) is 0 Å². The van der Waals surface area contributed by atoms with E-state index < -0.39 is 0 Å². The molecule has 0 saturated carbocycles. The molecule has 1 rings (SSSR count). The molecule has 1 aromatic rings. The SMILES string of the molecule is C=CCCC(C)Nc1cc(CCC)nn1C. The van der Waals surface area contributed by atoms with E-state index >= 15 is 0 Å². The number of nitrogens with one attached hydrogen (secondary N) is 1. The van der Waals surface area contributed by atoms with Gasteiger partial charge in [0.15, 0.2) is 0 Å². The highest BCUT2D eigenvalue weighted by atomic mass is 15.3. The van der Waals surface area contributed by atoms with Crippen molar-refractivity contribution in [2.45, 2.75) is 45.6 Å². The first-order valence-corrected chi connectivity index (χ1v) is 6.07. The highest BCUT2D eigenvalue weighted by Crippen LogP contribution is 2.13. The van der Waals surface area contributed by atoms with Gasteiger partial charge >= 0.3 is 0 Å². The van der Waals surface area contributed by atoms with Crippen molar-refractivity contribution in [3.8, 4) is 0 Å². The molecule has 0 aliphatic heterocycles. The van der Waals surface area contributed by atoms with E-state index in [1.54, 1.807) is 0 Å². The van der Waals surface area contributed by atoms with Gasteiger partial charge in [-0.1, -0.05) is 19.4 Å². The maximum Gasteiger partial charge on any atom is 0.124 e. The summed E-state index contributed by atoms with van der Waals surface area (Å²) in [6.45, 7) is 8.11. The first-order valence-electron chi connectivity index (χ1n) is 6.07. The Bertz CT molecular complexity index is 328. The fourth-order valence-corrected chi connectivity index (χ4v) is 1.73. The van der Waals surface area contributed by atoms with Gasteiger partial charge in [0.05, 0.1) is 5.69 Å². The van der Waals surface area contributed by atoms with Gasteiger partial charge in [-0.2, -0.15) is 5.10 Å². The minimum atomic E-state index is 0.461. The van der Waals surface area contributed by atoms with Crippen LogP contribution in [0.2, 0.25) is 0 Å². The topological polar surface area (TPSA) is 29.9 Å².